The van der Waals surface area contributed by atoms with Gasteiger partial charge in [0.15, 0.2) is 0 Å². The number of nitriles is 1. The Morgan fingerprint density at radius 1 is 1.26 bits per heavy atom. The summed E-state index contributed by atoms with van der Waals surface area (Å²) < 4.78 is 48.2. The van der Waals surface area contributed by atoms with Crippen molar-refractivity contribution in [2.24, 2.45) is 0 Å². The third-order valence-electron chi connectivity index (χ3n) is 5.57. The number of methoxy groups -OCH3 is 1. The highest BCUT2D eigenvalue weighted by Crippen LogP contribution is 2.40. The fourth-order valence-electron chi connectivity index (χ4n) is 3.89. The number of carbonyl (C=O) groups excluding carboxylic acids is 2. The van der Waals surface area contributed by atoms with E-state index < -0.39 is 23.9 Å². The number of benzene rings is 1. The van der Waals surface area contributed by atoms with Gasteiger partial charge in [0.05, 0.1) is 24.9 Å². The lowest BCUT2D eigenvalue weighted by Gasteiger charge is -2.28. The number of hydrogen-bond donors (Lipinski definition) is 2. The molecule has 182 valence electrons. The summed E-state index contributed by atoms with van der Waals surface area (Å²) in [4.78, 5) is 23.9. The number of alkyl carbamates (subject to hydrolysis) is 1. The van der Waals surface area contributed by atoms with Crippen molar-refractivity contribution in [2.75, 3.05) is 26.0 Å². The van der Waals surface area contributed by atoms with E-state index in [4.69, 9.17) is 5.26 Å². The number of carbonyl (C=O) groups is 2. The minimum atomic E-state index is -2.96. The van der Waals surface area contributed by atoms with Crippen LogP contribution in [0.4, 0.5) is 28.4 Å². The van der Waals surface area contributed by atoms with Gasteiger partial charge in [0, 0.05) is 44.2 Å². The fraction of sp³-hybridized carbons (Fsp3) is 0.455. The van der Waals surface area contributed by atoms with Crippen LogP contribution in [0.25, 0.3) is 0 Å². The number of alkyl halides is 2. The number of amides is 3. The molecule has 0 atom stereocenters. The van der Waals surface area contributed by atoms with Crippen molar-refractivity contribution in [2.45, 2.75) is 44.7 Å². The Labute approximate surface area is 194 Å². The topological polar surface area (TPSA) is 112 Å². The predicted molar refractivity (Wildman–Crippen MR) is 116 cm³/mol. The maximum absolute atomic E-state index is 14.6. The number of aryl methyl sites for hydroxylation is 1. The Hall–Kier alpha value is -3.75. The molecule has 2 aliphatic rings. The summed E-state index contributed by atoms with van der Waals surface area (Å²) in [5.41, 5.74) is 1.05. The largest absolute Gasteiger partial charge is 0.453 e. The quantitative estimate of drug-likeness (QED) is 0.649. The van der Waals surface area contributed by atoms with Gasteiger partial charge in [-0.15, -0.1) is 0 Å². The van der Waals surface area contributed by atoms with Crippen LogP contribution < -0.4 is 10.6 Å². The SMILES string of the molecule is CNC(=O)OC.N#Cc1cc(NC(=O)N2CCc3nn4c(c3C2)C(F)(F)CCCC4)ccc1F. The van der Waals surface area contributed by atoms with E-state index in [-0.39, 0.29) is 29.9 Å². The highest BCUT2D eigenvalue weighted by Gasteiger charge is 2.42. The van der Waals surface area contributed by atoms with E-state index in [1.165, 1.54) is 35.9 Å². The first kappa shape index (κ1) is 24.9. The standard InChI is InChI=1S/C19H18F3N5O.C3H7NO2/c20-15-4-3-13(9-12(15)10-23)24-18(28)26-8-5-16-14(11-26)17-19(21,22)6-1-2-7-27(17)25-16;1-4-3(5)6-2/h3-4,9H,1-2,5-8,11H2,(H,24,28);1-2H3,(H,4,5). The monoisotopic (exact) mass is 478 g/mol. The molecule has 2 aliphatic heterocycles. The van der Waals surface area contributed by atoms with Crippen molar-refractivity contribution in [1.29, 1.82) is 5.26 Å². The Balaban J connectivity index is 0.000000481. The summed E-state index contributed by atoms with van der Waals surface area (Å²) >= 11 is 0. The van der Waals surface area contributed by atoms with E-state index in [0.29, 0.717) is 43.6 Å². The van der Waals surface area contributed by atoms with Gasteiger partial charge in [-0.2, -0.15) is 19.1 Å². The van der Waals surface area contributed by atoms with E-state index in [1.807, 2.05) is 0 Å². The van der Waals surface area contributed by atoms with E-state index >= 15 is 0 Å². The molecule has 4 rings (SSSR count). The van der Waals surface area contributed by atoms with E-state index in [2.05, 4.69) is 20.5 Å². The number of fused-ring (bicyclic) bond motifs is 3. The smallest absolute Gasteiger partial charge is 0.406 e. The van der Waals surface area contributed by atoms with Crippen LogP contribution in [0.5, 0.6) is 0 Å². The second kappa shape index (κ2) is 10.5. The second-order valence-corrected chi connectivity index (χ2v) is 7.81. The van der Waals surface area contributed by atoms with E-state index in [1.54, 1.807) is 6.07 Å². The highest BCUT2D eigenvalue weighted by molar-refractivity contribution is 5.89. The molecular formula is C22H25F3N6O3. The molecule has 12 heteroatoms. The molecule has 3 amide bonds. The van der Waals surface area contributed by atoms with Crippen molar-refractivity contribution in [1.82, 2.24) is 20.0 Å². The van der Waals surface area contributed by atoms with Gasteiger partial charge in [-0.3, -0.25) is 4.68 Å². The van der Waals surface area contributed by atoms with Crippen LogP contribution in [0.1, 0.15) is 41.8 Å². The average molecular weight is 478 g/mol. The summed E-state index contributed by atoms with van der Waals surface area (Å²) in [6.45, 7) is 0.836. The number of halogens is 3. The van der Waals surface area contributed by atoms with Gasteiger partial charge in [0.25, 0.3) is 5.92 Å². The van der Waals surface area contributed by atoms with Crippen molar-refractivity contribution in [3.05, 3.63) is 46.5 Å². The van der Waals surface area contributed by atoms with Gasteiger partial charge in [-0.1, -0.05) is 0 Å². The summed E-state index contributed by atoms with van der Waals surface area (Å²) in [5.74, 6) is -3.64. The van der Waals surface area contributed by atoms with Crippen LogP contribution >= 0.6 is 0 Å². The Morgan fingerprint density at radius 3 is 2.68 bits per heavy atom. The third kappa shape index (κ3) is 5.41. The summed E-state index contributed by atoms with van der Waals surface area (Å²) in [7, 11) is 2.82. The van der Waals surface area contributed by atoms with Crippen molar-refractivity contribution in [3.63, 3.8) is 0 Å². The Bertz CT molecular complexity index is 1110. The van der Waals surface area contributed by atoms with Gasteiger partial charge < -0.3 is 20.3 Å². The number of anilines is 1. The van der Waals surface area contributed by atoms with Crippen LogP contribution in [0.2, 0.25) is 0 Å². The van der Waals surface area contributed by atoms with Crippen LogP contribution in [-0.4, -0.2) is 47.5 Å². The zero-order valence-corrected chi connectivity index (χ0v) is 18.8. The van der Waals surface area contributed by atoms with E-state index in [0.717, 1.165) is 6.07 Å². The molecule has 0 bridgehead atoms. The number of rotatable bonds is 1. The van der Waals surface area contributed by atoms with Crippen LogP contribution in [0.15, 0.2) is 18.2 Å². The molecule has 34 heavy (non-hydrogen) atoms. The molecule has 0 fully saturated rings. The van der Waals surface area contributed by atoms with E-state index in [9.17, 15) is 22.8 Å². The molecule has 0 spiro atoms. The number of nitrogens with zero attached hydrogens (tertiary/aromatic N) is 4. The summed E-state index contributed by atoms with van der Waals surface area (Å²) in [6.07, 6.45) is 0.852. The van der Waals surface area contributed by atoms with Crippen LogP contribution in [0, 0.1) is 17.1 Å². The zero-order chi connectivity index (χ0) is 24.9. The molecule has 0 saturated heterocycles. The molecule has 2 N–H and O–H groups in total. The zero-order valence-electron chi connectivity index (χ0n) is 18.8. The van der Waals surface area contributed by atoms with Gasteiger partial charge >= 0.3 is 12.1 Å². The molecule has 0 radical (unpaired) electrons. The molecule has 3 heterocycles. The highest BCUT2D eigenvalue weighted by atomic mass is 19.3. The molecule has 2 aromatic rings. The third-order valence-corrected chi connectivity index (χ3v) is 5.57. The lowest BCUT2D eigenvalue weighted by atomic mass is 10.00. The van der Waals surface area contributed by atoms with Gasteiger partial charge in [-0.05, 0) is 31.0 Å². The number of urea groups is 1. The van der Waals surface area contributed by atoms with Crippen molar-refractivity contribution >= 4 is 17.8 Å². The minimum absolute atomic E-state index is 0.0401. The molecular weight excluding hydrogens is 453 g/mol. The molecule has 0 aliphatic carbocycles. The van der Waals surface area contributed by atoms with Crippen molar-refractivity contribution in [3.8, 4) is 6.07 Å². The first-order valence-corrected chi connectivity index (χ1v) is 10.7. The van der Waals surface area contributed by atoms with Gasteiger partial charge in [0.1, 0.15) is 17.6 Å². The number of nitrogens with one attached hydrogen (secondary N) is 2. The summed E-state index contributed by atoms with van der Waals surface area (Å²) in [6, 6.07) is 4.91. The molecule has 1 aromatic heterocycles. The summed E-state index contributed by atoms with van der Waals surface area (Å²) in [5, 5.41) is 18.1. The molecule has 9 nitrogen and oxygen atoms in total. The Morgan fingerprint density at radius 2 is 2.03 bits per heavy atom. The average Bonchev–Trinajstić information content (AvgIpc) is 3.13. The lowest BCUT2D eigenvalue weighted by Crippen LogP contribution is -2.39. The first-order valence-electron chi connectivity index (χ1n) is 10.7. The maximum Gasteiger partial charge on any atom is 0.406 e. The molecule has 0 unspecified atom stereocenters. The van der Waals surface area contributed by atoms with Gasteiger partial charge in [-0.25, -0.2) is 14.0 Å². The normalized spacial score (nSPS) is 15.9. The van der Waals surface area contributed by atoms with Gasteiger partial charge in [0.2, 0.25) is 0 Å². The predicted octanol–water partition coefficient (Wildman–Crippen LogP) is 3.73. The number of ether oxygens (including phenoxy) is 1. The first-order chi connectivity index (χ1) is 16.2. The minimum Gasteiger partial charge on any atom is -0.453 e. The number of hydrogen-bond acceptors (Lipinski definition) is 5. The maximum atomic E-state index is 14.6. The van der Waals surface area contributed by atoms with Crippen LogP contribution in [0.3, 0.4) is 0 Å². The Kier molecular flexibility index (Phi) is 7.65. The number of aromatic nitrogens is 2. The molecule has 0 saturated carbocycles. The van der Waals surface area contributed by atoms with Crippen LogP contribution in [-0.2, 0) is 30.2 Å². The van der Waals surface area contributed by atoms with Crippen molar-refractivity contribution < 1.29 is 27.5 Å². The fourth-order valence-corrected chi connectivity index (χ4v) is 3.89. The lowest BCUT2D eigenvalue weighted by molar-refractivity contribution is -0.0203. The second-order valence-electron chi connectivity index (χ2n) is 7.81. The molecule has 1 aromatic carbocycles.